The van der Waals surface area contributed by atoms with Gasteiger partial charge < -0.3 is 10.1 Å². The highest BCUT2D eigenvalue weighted by Gasteiger charge is 2.28. The summed E-state index contributed by atoms with van der Waals surface area (Å²) in [5.74, 6) is 0. The Morgan fingerprint density at radius 2 is 2.43 bits per heavy atom. The first-order chi connectivity index (χ1) is 6.69. The van der Waals surface area contributed by atoms with Gasteiger partial charge in [-0.25, -0.2) is 0 Å². The first-order valence-corrected chi connectivity index (χ1v) is 5.00. The van der Waals surface area contributed by atoms with E-state index in [1.807, 2.05) is 0 Å². The van der Waals surface area contributed by atoms with Crippen molar-refractivity contribution in [2.75, 3.05) is 13.1 Å². The molecule has 14 heavy (non-hydrogen) atoms. The van der Waals surface area contributed by atoms with Crippen LogP contribution in [0, 0.1) is 0 Å². The largest absolute Gasteiger partial charge is 0.461 e. The van der Waals surface area contributed by atoms with Crippen LogP contribution in [0.1, 0.15) is 0 Å². The molecule has 1 fully saturated rings. The van der Waals surface area contributed by atoms with Gasteiger partial charge >= 0.3 is 0 Å². The van der Waals surface area contributed by atoms with E-state index >= 15 is 0 Å². The van der Waals surface area contributed by atoms with Crippen LogP contribution in [-0.2, 0) is 4.74 Å². The van der Waals surface area contributed by atoms with Crippen LogP contribution in [0.5, 0.6) is 0 Å². The van der Waals surface area contributed by atoms with Gasteiger partial charge in [-0.15, -0.1) is 6.58 Å². The van der Waals surface area contributed by atoms with Crippen molar-refractivity contribution in [3.05, 3.63) is 25.3 Å². The van der Waals surface area contributed by atoms with E-state index in [0.29, 0.717) is 23.4 Å². The van der Waals surface area contributed by atoms with Crippen LogP contribution in [0.15, 0.2) is 25.3 Å². The van der Waals surface area contributed by atoms with Gasteiger partial charge in [0.1, 0.15) is 6.10 Å². The molecule has 0 unspecified atom stereocenters. The molecule has 0 spiro atoms. The lowest BCUT2D eigenvalue weighted by Crippen LogP contribution is -2.40. The van der Waals surface area contributed by atoms with Crippen LogP contribution in [0.3, 0.4) is 0 Å². The number of nitrogens with zero attached hydrogens (tertiary/aromatic N) is 1. The molecule has 0 aromatic rings. The second-order valence-corrected chi connectivity index (χ2v) is 3.48. The van der Waals surface area contributed by atoms with Gasteiger partial charge in [0.05, 0.1) is 6.54 Å². The summed E-state index contributed by atoms with van der Waals surface area (Å²) in [6.07, 6.45) is 3.38. The molecule has 5 heteroatoms. The molecule has 1 N–H and O–H groups in total. The Balaban J connectivity index is 2.52. The summed E-state index contributed by atoms with van der Waals surface area (Å²) in [6, 6.07) is 0. The standard InChI is InChI=1S/C9H12N2OS2/c1-3-5-10-8(13)11-6-7(4-2)12-9(11)14/h3-4,7H,1-2,5-6H2,(H,10,13)/t7-/m1/s1. The second kappa shape index (κ2) is 5.07. The molecule has 1 rings (SSSR count). The fraction of sp³-hybridized carbons (Fsp3) is 0.333. The maximum atomic E-state index is 5.31. The van der Waals surface area contributed by atoms with E-state index in [9.17, 15) is 0 Å². The summed E-state index contributed by atoms with van der Waals surface area (Å²) in [5.41, 5.74) is 0. The van der Waals surface area contributed by atoms with Crippen molar-refractivity contribution in [2.24, 2.45) is 0 Å². The number of ether oxygens (including phenoxy) is 1. The molecule has 0 saturated carbocycles. The van der Waals surface area contributed by atoms with Crippen molar-refractivity contribution >= 4 is 34.7 Å². The molecule has 0 radical (unpaired) electrons. The maximum absolute atomic E-state index is 5.31. The Bertz CT molecular complexity index is 278. The lowest BCUT2D eigenvalue weighted by atomic mass is 10.3. The van der Waals surface area contributed by atoms with Gasteiger partial charge in [0.25, 0.3) is 5.17 Å². The van der Waals surface area contributed by atoms with Crippen molar-refractivity contribution in [1.82, 2.24) is 10.2 Å². The number of hydrogen-bond acceptors (Lipinski definition) is 3. The van der Waals surface area contributed by atoms with Crippen molar-refractivity contribution in [3.63, 3.8) is 0 Å². The van der Waals surface area contributed by atoms with Crippen LogP contribution < -0.4 is 5.32 Å². The first-order valence-electron chi connectivity index (χ1n) is 4.18. The highest BCUT2D eigenvalue weighted by Crippen LogP contribution is 2.12. The third-order valence-electron chi connectivity index (χ3n) is 1.74. The van der Waals surface area contributed by atoms with E-state index in [1.54, 1.807) is 17.1 Å². The SMILES string of the molecule is C=CCNC(=S)N1C[C@@H](C=C)OC1=S. The smallest absolute Gasteiger partial charge is 0.266 e. The molecule has 0 bridgehead atoms. The van der Waals surface area contributed by atoms with Gasteiger partial charge in [-0.3, -0.25) is 4.90 Å². The fourth-order valence-corrected chi connectivity index (χ4v) is 1.62. The molecule has 1 heterocycles. The second-order valence-electron chi connectivity index (χ2n) is 2.74. The summed E-state index contributed by atoms with van der Waals surface area (Å²) < 4.78 is 5.31. The zero-order valence-corrected chi connectivity index (χ0v) is 9.37. The normalized spacial score (nSPS) is 20.1. The Kier molecular flexibility index (Phi) is 4.03. The third-order valence-corrected chi connectivity index (χ3v) is 2.42. The minimum absolute atomic E-state index is 0.0639. The molecule has 76 valence electrons. The van der Waals surface area contributed by atoms with E-state index < -0.39 is 0 Å². The molecular formula is C9H12N2OS2. The van der Waals surface area contributed by atoms with E-state index in [2.05, 4.69) is 18.5 Å². The van der Waals surface area contributed by atoms with Crippen molar-refractivity contribution in [2.45, 2.75) is 6.10 Å². The Labute approximate surface area is 94.4 Å². The minimum atomic E-state index is -0.0639. The Morgan fingerprint density at radius 3 is 2.93 bits per heavy atom. The summed E-state index contributed by atoms with van der Waals surface area (Å²) in [5, 5.41) is 3.96. The van der Waals surface area contributed by atoms with Crippen LogP contribution >= 0.6 is 24.4 Å². The number of nitrogens with one attached hydrogen (secondary N) is 1. The summed E-state index contributed by atoms with van der Waals surface area (Å²) >= 11 is 10.1. The topological polar surface area (TPSA) is 24.5 Å². The maximum Gasteiger partial charge on any atom is 0.266 e. The van der Waals surface area contributed by atoms with E-state index in [4.69, 9.17) is 29.2 Å². The van der Waals surface area contributed by atoms with E-state index in [0.717, 1.165) is 0 Å². The van der Waals surface area contributed by atoms with Gasteiger partial charge in [0.15, 0.2) is 5.11 Å². The van der Waals surface area contributed by atoms with Gasteiger partial charge in [-0.2, -0.15) is 0 Å². The highest BCUT2D eigenvalue weighted by molar-refractivity contribution is 7.81. The average molecular weight is 228 g/mol. The number of thiocarbonyl (C=S) groups is 2. The molecule has 0 amide bonds. The molecule has 0 aromatic carbocycles. The Hall–Kier alpha value is -0.940. The summed E-state index contributed by atoms with van der Waals surface area (Å²) in [6.45, 7) is 8.48. The number of hydrogen-bond donors (Lipinski definition) is 1. The zero-order valence-electron chi connectivity index (χ0n) is 7.73. The van der Waals surface area contributed by atoms with Crippen molar-refractivity contribution in [1.29, 1.82) is 0 Å². The molecule has 0 aromatic heterocycles. The predicted molar refractivity (Wildman–Crippen MR) is 65.2 cm³/mol. The highest BCUT2D eigenvalue weighted by atomic mass is 32.1. The lowest BCUT2D eigenvalue weighted by molar-refractivity contribution is 0.287. The molecule has 1 aliphatic rings. The van der Waals surface area contributed by atoms with Crippen molar-refractivity contribution < 1.29 is 4.74 Å². The quantitative estimate of drug-likeness (QED) is 0.578. The summed E-state index contributed by atoms with van der Waals surface area (Å²) in [7, 11) is 0. The summed E-state index contributed by atoms with van der Waals surface area (Å²) in [4.78, 5) is 1.74. The monoisotopic (exact) mass is 228 g/mol. The van der Waals surface area contributed by atoms with Crippen LogP contribution in [0.2, 0.25) is 0 Å². The fourth-order valence-electron chi connectivity index (χ4n) is 1.03. The van der Waals surface area contributed by atoms with Crippen LogP contribution in [0.4, 0.5) is 0 Å². The molecule has 1 aliphatic heterocycles. The minimum Gasteiger partial charge on any atom is -0.461 e. The molecule has 0 aliphatic carbocycles. The molecular weight excluding hydrogens is 216 g/mol. The van der Waals surface area contributed by atoms with Crippen molar-refractivity contribution in [3.8, 4) is 0 Å². The van der Waals surface area contributed by atoms with Gasteiger partial charge in [-0.05, 0) is 30.5 Å². The zero-order chi connectivity index (χ0) is 10.6. The van der Waals surface area contributed by atoms with Gasteiger partial charge in [0.2, 0.25) is 0 Å². The molecule has 1 saturated heterocycles. The predicted octanol–water partition coefficient (Wildman–Crippen LogP) is 1.22. The lowest BCUT2D eigenvalue weighted by Gasteiger charge is -2.16. The molecule has 3 nitrogen and oxygen atoms in total. The van der Waals surface area contributed by atoms with Gasteiger partial charge in [0, 0.05) is 6.54 Å². The van der Waals surface area contributed by atoms with E-state index in [1.165, 1.54) is 0 Å². The van der Waals surface area contributed by atoms with Crippen LogP contribution in [0.25, 0.3) is 0 Å². The number of rotatable bonds is 3. The molecule has 1 atom stereocenters. The third kappa shape index (κ3) is 2.52. The van der Waals surface area contributed by atoms with E-state index in [-0.39, 0.29) is 6.10 Å². The Morgan fingerprint density at radius 1 is 1.71 bits per heavy atom. The van der Waals surface area contributed by atoms with Crippen LogP contribution in [-0.4, -0.2) is 34.4 Å². The van der Waals surface area contributed by atoms with Gasteiger partial charge in [-0.1, -0.05) is 12.7 Å². The average Bonchev–Trinajstić information content (AvgIpc) is 2.56. The first kappa shape index (κ1) is 11.1.